The quantitative estimate of drug-likeness (QED) is 0.687. The van der Waals surface area contributed by atoms with Crippen LogP contribution < -0.4 is 10.4 Å². The van der Waals surface area contributed by atoms with Crippen molar-refractivity contribution in [1.82, 2.24) is 9.55 Å². The topological polar surface area (TPSA) is 62.6 Å². The first-order valence-electron chi connectivity index (χ1n) is 10.3. The van der Waals surface area contributed by atoms with E-state index in [2.05, 4.69) is 30.1 Å². The summed E-state index contributed by atoms with van der Waals surface area (Å²) in [7, 11) is 0. The maximum absolute atomic E-state index is 12.5. The van der Waals surface area contributed by atoms with Crippen molar-refractivity contribution in [2.45, 2.75) is 51.7 Å². The van der Waals surface area contributed by atoms with E-state index in [1.165, 1.54) is 30.4 Å². The maximum Gasteiger partial charge on any atom is 0.351 e. The molecule has 0 spiro atoms. The van der Waals surface area contributed by atoms with Gasteiger partial charge in [-0.3, -0.25) is 4.57 Å². The Hall–Kier alpha value is -2.18. The summed E-state index contributed by atoms with van der Waals surface area (Å²) in [4.78, 5) is 16.6. The summed E-state index contributed by atoms with van der Waals surface area (Å²) in [6, 6.07) is 8.50. The minimum absolute atomic E-state index is 0.118. The van der Waals surface area contributed by atoms with Gasteiger partial charge in [0, 0.05) is 18.2 Å². The van der Waals surface area contributed by atoms with Gasteiger partial charge in [-0.1, -0.05) is 38.0 Å². The van der Waals surface area contributed by atoms with Crippen molar-refractivity contribution in [3.63, 3.8) is 0 Å². The zero-order chi connectivity index (χ0) is 19.3. The molecule has 3 heterocycles. The normalized spacial score (nSPS) is 18.4. The van der Waals surface area contributed by atoms with Crippen molar-refractivity contribution in [1.29, 1.82) is 0 Å². The van der Waals surface area contributed by atoms with Crippen LogP contribution in [-0.2, 0) is 28.9 Å². The van der Waals surface area contributed by atoms with E-state index in [1.807, 2.05) is 6.07 Å². The van der Waals surface area contributed by atoms with Crippen molar-refractivity contribution in [2.24, 2.45) is 0 Å². The van der Waals surface area contributed by atoms with E-state index < -0.39 is 0 Å². The molecule has 1 aromatic heterocycles. The molecular weight excluding hydrogens is 356 g/mol. The summed E-state index contributed by atoms with van der Waals surface area (Å²) in [5, 5.41) is 0. The van der Waals surface area contributed by atoms with Gasteiger partial charge in [0.15, 0.2) is 0 Å². The van der Waals surface area contributed by atoms with Crippen LogP contribution >= 0.6 is 0 Å². The minimum atomic E-state index is -0.258. The second-order valence-electron chi connectivity index (χ2n) is 7.49. The summed E-state index contributed by atoms with van der Waals surface area (Å²) in [6.45, 7) is 4.91. The van der Waals surface area contributed by atoms with Crippen LogP contribution in [0.3, 0.4) is 0 Å². The highest BCUT2D eigenvalue weighted by molar-refractivity contribution is 5.67. The van der Waals surface area contributed by atoms with Crippen molar-refractivity contribution in [3.8, 4) is 17.1 Å². The number of hydrogen-bond donors (Lipinski definition) is 0. The number of aryl methyl sites for hydroxylation is 2. The van der Waals surface area contributed by atoms with Crippen LogP contribution in [0.15, 0.2) is 29.1 Å². The Labute approximate surface area is 165 Å². The number of hydrogen-bond acceptors (Lipinski definition) is 5. The lowest BCUT2D eigenvalue weighted by Gasteiger charge is -2.24. The number of nitrogens with zero attached hydrogens (tertiary/aromatic N) is 2. The monoisotopic (exact) mass is 384 g/mol. The molecular formula is C22H28N2O4. The van der Waals surface area contributed by atoms with E-state index in [-0.39, 0.29) is 11.8 Å². The predicted octanol–water partition coefficient (Wildman–Crippen LogP) is 2.99. The highest BCUT2D eigenvalue weighted by Gasteiger charge is 2.21. The van der Waals surface area contributed by atoms with E-state index in [9.17, 15) is 4.79 Å². The molecule has 150 valence electrons. The predicted molar refractivity (Wildman–Crippen MR) is 107 cm³/mol. The van der Waals surface area contributed by atoms with Crippen molar-refractivity contribution >= 4 is 0 Å². The van der Waals surface area contributed by atoms with Gasteiger partial charge in [0.25, 0.3) is 0 Å². The Kier molecular flexibility index (Phi) is 6.07. The highest BCUT2D eigenvalue weighted by atomic mass is 16.6. The summed E-state index contributed by atoms with van der Waals surface area (Å²) < 4.78 is 18.5. The molecule has 2 aromatic rings. The molecule has 1 aromatic carbocycles. The molecule has 6 nitrogen and oxygen atoms in total. The lowest BCUT2D eigenvalue weighted by atomic mass is 9.94. The van der Waals surface area contributed by atoms with Gasteiger partial charge in [0.2, 0.25) is 5.88 Å². The first-order valence-corrected chi connectivity index (χ1v) is 10.3. The molecule has 0 aliphatic carbocycles. The average molecular weight is 384 g/mol. The van der Waals surface area contributed by atoms with Crippen LogP contribution in [0, 0.1) is 0 Å². The molecule has 0 amide bonds. The van der Waals surface area contributed by atoms with Gasteiger partial charge in [-0.2, -0.15) is 4.98 Å². The number of benzene rings is 1. The first kappa shape index (κ1) is 19.2. The number of ether oxygens (including phenoxy) is 3. The Bertz CT molecular complexity index is 871. The van der Waals surface area contributed by atoms with Gasteiger partial charge >= 0.3 is 5.69 Å². The van der Waals surface area contributed by atoms with Crippen molar-refractivity contribution in [3.05, 3.63) is 45.9 Å². The minimum Gasteiger partial charge on any atom is -0.475 e. The Morgan fingerprint density at radius 3 is 3.00 bits per heavy atom. The molecule has 1 fully saturated rings. The number of fused-ring (bicyclic) bond motifs is 3. The van der Waals surface area contributed by atoms with Gasteiger partial charge in [-0.25, -0.2) is 4.79 Å². The second kappa shape index (κ2) is 8.88. The fraction of sp³-hybridized carbons (Fsp3) is 0.545. The van der Waals surface area contributed by atoms with Crippen molar-refractivity contribution in [2.75, 3.05) is 26.4 Å². The van der Waals surface area contributed by atoms with Gasteiger partial charge in [0.1, 0.15) is 12.7 Å². The van der Waals surface area contributed by atoms with E-state index in [4.69, 9.17) is 14.2 Å². The first-order chi connectivity index (χ1) is 13.7. The molecule has 0 saturated carbocycles. The lowest BCUT2D eigenvalue weighted by Crippen LogP contribution is -2.34. The van der Waals surface area contributed by atoms with Crippen molar-refractivity contribution < 1.29 is 14.2 Å². The van der Waals surface area contributed by atoms with Gasteiger partial charge in [-0.15, -0.1) is 0 Å². The molecule has 0 radical (unpaired) electrons. The van der Waals surface area contributed by atoms with Crippen LogP contribution in [0.1, 0.15) is 37.3 Å². The van der Waals surface area contributed by atoms with E-state index in [0.717, 1.165) is 24.1 Å². The summed E-state index contributed by atoms with van der Waals surface area (Å²) >= 11 is 0. The highest BCUT2D eigenvalue weighted by Crippen LogP contribution is 2.30. The van der Waals surface area contributed by atoms with Gasteiger partial charge < -0.3 is 14.2 Å². The molecule has 0 unspecified atom stereocenters. The molecule has 1 saturated heterocycles. The third kappa shape index (κ3) is 4.28. The van der Waals surface area contributed by atoms with Gasteiger partial charge in [0.05, 0.1) is 25.5 Å². The molecule has 4 rings (SSSR count). The maximum atomic E-state index is 12.5. The molecule has 0 bridgehead atoms. The third-order valence-corrected chi connectivity index (χ3v) is 5.41. The lowest BCUT2D eigenvalue weighted by molar-refractivity contribution is -0.102. The summed E-state index contributed by atoms with van der Waals surface area (Å²) in [6.07, 6.45) is 5.57. The fourth-order valence-corrected chi connectivity index (χ4v) is 3.88. The van der Waals surface area contributed by atoms with Crippen LogP contribution in [0.5, 0.6) is 5.88 Å². The largest absolute Gasteiger partial charge is 0.475 e. The van der Waals surface area contributed by atoms with E-state index in [1.54, 1.807) is 4.57 Å². The number of unbranched alkanes of at least 4 members (excludes halogenated alkanes) is 2. The zero-order valence-electron chi connectivity index (χ0n) is 16.5. The third-order valence-electron chi connectivity index (χ3n) is 5.41. The smallest absolute Gasteiger partial charge is 0.351 e. The Morgan fingerprint density at radius 1 is 1.25 bits per heavy atom. The number of aromatic nitrogens is 2. The molecule has 0 N–H and O–H groups in total. The molecule has 6 heteroatoms. The van der Waals surface area contributed by atoms with Gasteiger partial charge in [-0.05, 0) is 30.4 Å². The zero-order valence-corrected chi connectivity index (χ0v) is 16.5. The summed E-state index contributed by atoms with van der Waals surface area (Å²) in [5.74, 6) is 0.352. The average Bonchev–Trinajstić information content (AvgIpc) is 2.73. The molecule has 2 aliphatic rings. The van der Waals surface area contributed by atoms with Crippen LogP contribution in [0.25, 0.3) is 11.3 Å². The van der Waals surface area contributed by atoms with Crippen LogP contribution in [0.4, 0.5) is 0 Å². The molecule has 28 heavy (non-hydrogen) atoms. The standard InChI is InChI=1S/C22H28N2O4/c1-2-3-4-5-16-6-7-19-17(12-16)8-9-24-20(19)13-21(23-22(24)25)28-15-18-14-26-10-11-27-18/h6-7,12-13,18H,2-5,8-11,14-15H2,1H3/t18-/m1/s1. The Morgan fingerprint density at radius 2 is 2.18 bits per heavy atom. The SMILES string of the molecule is CCCCCc1ccc2c(c1)CCn1c-2cc(OC[C@H]2COCCO2)nc1=O. The van der Waals surface area contributed by atoms with Crippen LogP contribution in [0.2, 0.25) is 0 Å². The van der Waals surface area contributed by atoms with E-state index in [0.29, 0.717) is 38.9 Å². The van der Waals surface area contributed by atoms with E-state index >= 15 is 0 Å². The Balaban J connectivity index is 1.54. The second-order valence-corrected chi connectivity index (χ2v) is 7.49. The molecule has 1 atom stereocenters. The molecule has 2 aliphatic heterocycles. The fourth-order valence-electron chi connectivity index (χ4n) is 3.88. The summed E-state index contributed by atoms with van der Waals surface area (Å²) in [5.41, 5.74) is 4.41. The van der Waals surface area contributed by atoms with Crippen LogP contribution in [-0.4, -0.2) is 42.1 Å². The number of rotatable bonds is 7.